The molecule has 0 aliphatic carbocycles. The quantitative estimate of drug-likeness (QED) is 0.862. The van der Waals surface area contributed by atoms with E-state index in [0.717, 1.165) is 13.0 Å². The van der Waals surface area contributed by atoms with Crippen molar-refractivity contribution in [2.45, 2.75) is 44.8 Å². The van der Waals surface area contributed by atoms with Gasteiger partial charge in [-0.1, -0.05) is 38.1 Å². The molecule has 2 rings (SSSR count). The van der Waals surface area contributed by atoms with E-state index in [1.165, 1.54) is 17.5 Å². The molecule has 94 valence electrons. The van der Waals surface area contributed by atoms with Crippen LogP contribution in [0.2, 0.25) is 0 Å². The topological polar surface area (TPSA) is 21.3 Å². The van der Waals surface area contributed by atoms with Crippen LogP contribution in [0.4, 0.5) is 0 Å². The molecule has 2 nitrogen and oxygen atoms in total. The van der Waals surface area contributed by atoms with Crippen LogP contribution in [-0.2, 0) is 4.74 Å². The summed E-state index contributed by atoms with van der Waals surface area (Å²) in [5.41, 5.74) is 2.74. The summed E-state index contributed by atoms with van der Waals surface area (Å²) in [5, 5.41) is 3.38. The smallest absolute Gasteiger partial charge is 0.0770 e. The molecule has 0 amide bonds. The Morgan fingerprint density at radius 1 is 1.18 bits per heavy atom. The fourth-order valence-corrected chi connectivity index (χ4v) is 2.52. The molecule has 1 N–H and O–H groups in total. The van der Waals surface area contributed by atoms with Crippen LogP contribution in [0.25, 0.3) is 0 Å². The van der Waals surface area contributed by atoms with Gasteiger partial charge in [0, 0.05) is 6.61 Å². The van der Waals surface area contributed by atoms with Gasteiger partial charge in [-0.05, 0) is 36.9 Å². The number of hydrogen-bond donors (Lipinski definition) is 1. The number of likely N-dealkylation sites (N-methyl/N-ethyl adjacent to an activating group) is 1. The summed E-state index contributed by atoms with van der Waals surface area (Å²) in [6, 6.07) is 9.27. The summed E-state index contributed by atoms with van der Waals surface area (Å²) in [5.74, 6) is 0.597. The highest BCUT2D eigenvalue weighted by molar-refractivity contribution is 5.27. The molecule has 1 aromatic carbocycles. The molecule has 0 radical (unpaired) electrons. The zero-order valence-electron chi connectivity index (χ0n) is 11.1. The predicted molar refractivity (Wildman–Crippen MR) is 71.3 cm³/mol. The van der Waals surface area contributed by atoms with Crippen LogP contribution < -0.4 is 5.32 Å². The van der Waals surface area contributed by atoms with Crippen LogP contribution in [0.1, 0.15) is 49.8 Å². The first kappa shape index (κ1) is 12.6. The van der Waals surface area contributed by atoms with Crippen molar-refractivity contribution in [2.24, 2.45) is 0 Å². The summed E-state index contributed by atoms with van der Waals surface area (Å²) in [6.45, 7) is 5.36. The first-order valence-electron chi connectivity index (χ1n) is 6.61. The Kier molecular flexibility index (Phi) is 4.19. The highest BCUT2D eigenvalue weighted by Gasteiger charge is 2.25. The lowest BCUT2D eigenvalue weighted by atomic mass is 9.96. The average Bonchev–Trinajstić information content (AvgIpc) is 2.84. The Hall–Kier alpha value is -0.860. The van der Waals surface area contributed by atoms with Gasteiger partial charge in [-0.25, -0.2) is 0 Å². The number of ether oxygens (including phenoxy) is 1. The third kappa shape index (κ3) is 2.88. The maximum absolute atomic E-state index is 5.78. The number of nitrogens with one attached hydrogen (secondary N) is 1. The van der Waals surface area contributed by atoms with E-state index >= 15 is 0 Å². The molecule has 2 heteroatoms. The fourth-order valence-electron chi connectivity index (χ4n) is 2.52. The van der Waals surface area contributed by atoms with E-state index in [2.05, 4.69) is 43.4 Å². The highest BCUT2D eigenvalue weighted by Crippen LogP contribution is 2.27. The Morgan fingerprint density at radius 3 is 2.29 bits per heavy atom. The molecular formula is C15H23NO. The third-order valence-corrected chi connectivity index (χ3v) is 3.61. The van der Waals surface area contributed by atoms with Crippen LogP contribution in [0, 0.1) is 0 Å². The van der Waals surface area contributed by atoms with Crippen molar-refractivity contribution in [3.8, 4) is 0 Å². The van der Waals surface area contributed by atoms with Gasteiger partial charge in [-0.3, -0.25) is 0 Å². The minimum atomic E-state index is 0.332. The second kappa shape index (κ2) is 5.65. The largest absolute Gasteiger partial charge is 0.376 e. The summed E-state index contributed by atoms with van der Waals surface area (Å²) in [4.78, 5) is 0. The average molecular weight is 233 g/mol. The van der Waals surface area contributed by atoms with Crippen LogP contribution in [0.15, 0.2) is 24.3 Å². The molecule has 0 aromatic heterocycles. The molecule has 1 heterocycles. The van der Waals surface area contributed by atoms with Gasteiger partial charge in [-0.2, -0.15) is 0 Å². The van der Waals surface area contributed by atoms with Crippen molar-refractivity contribution in [2.75, 3.05) is 13.7 Å². The van der Waals surface area contributed by atoms with Crippen LogP contribution in [-0.4, -0.2) is 19.8 Å². The minimum Gasteiger partial charge on any atom is -0.376 e. The van der Waals surface area contributed by atoms with Crippen molar-refractivity contribution >= 4 is 0 Å². The number of rotatable bonds is 4. The first-order chi connectivity index (χ1) is 8.22. The van der Waals surface area contributed by atoms with Gasteiger partial charge in [0.2, 0.25) is 0 Å². The van der Waals surface area contributed by atoms with Crippen molar-refractivity contribution in [3.63, 3.8) is 0 Å². The summed E-state index contributed by atoms with van der Waals surface area (Å²) < 4.78 is 5.78. The van der Waals surface area contributed by atoms with Gasteiger partial charge < -0.3 is 10.1 Å². The zero-order chi connectivity index (χ0) is 12.3. The standard InChI is InChI=1S/C15H23NO/c1-11(2)12-6-8-13(9-7-12)15(16-3)14-5-4-10-17-14/h6-9,11,14-16H,4-5,10H2,1-3H3. The molecular weight excluding hydrogens is 210 g/mol. The molecule has 0 saturated carbocycles. The summed E-state index contributed by atoms with van der Waals surface area (Å²) in [7, 11) is 2.02. The van der Waals surface area contributed by atoms with E-state index in [0.29, 0.717) is 18.1 Å². The van der Waals surface area contributed by atoms with Gasteiger partial charge >= 0.3 is 0 Å². The SMILES string of the molecule is CNC(c1ccc(C(C)C)cc1)C1CCCO1. The fraction of sp³-hybridized carbons (Fsp3) is 0.600. The van der Waals surface area contributed by atoms with E-state index < -0.39 is 0 Å². The van der Waals surface area contributed by atoms with Gasteiger partial charge in [0.25, 0.3) is 0 Å². The monoisotopic (exact) mass is 233 g/mol. The van der Waals surface area contributed by atoms with E-state index in [1.54, 1.807) is 0 Å². The molecule has 2 atom stereocenters. The predicted octanol–water partition coefficient (Wildman–Crippen LogP) is 3.25. The lowest BCUT2D eigenvalue weighted by Gasteiger charge is -2.23. The minimum absolute atomic E-state index is 0.332. The summed E-state index contributed by atoms with van der Waals surface area (Å²) in [6.07, 6.45) is 2.69. The molecule has 2 unspecified atom stereocenters. The van der Waals surface area contributed by atoms with Crippen molar-refractivity contribution in [1.29, 1.82) is 0 Å². The van der Waals surface area contributed by atoms with Crippen molar-refractivity contribution in [3.05, 3.63) is 35.4 Å². The van der Waals surface area contributed by atoms with Gasteiger partial charge in [0.1, 0.15) is 0 Å². The van der Waals surface area contributed by atoms with Crippen molar-refractivity contribution in [1.82, 2.24) is 5.32 Å². The van der Waals surface area contributed by atoms with Crippen LogP contribution in [0.5, 0.6) is 0 Å². The molecule has 0 bridgehead atoms. The Bertz CT molecular complexity index is 338. The van der Waals surface area contributed by atoms with Gasteiger partial charge in [0.05, 0.1) is 12.1 Å². The Balaban J connectivity index is 2.13. The van der Waals surface area contributed by atoms with E-state index in [1.807, 2.05) is 7.05 Å². The maximum Gasteiger partial charge on any atom is 0.0770 e. The lowest BCUT2D eigenvalue weighted by Crippen LogP contribution is -2.28. The highest BCUT2D eigenvalue weighted by atomic mass is 16.5. The molecule has 1 aromatic rings. The lowest BCUT2D eigenvalue weighted by molar-refractivity contribution is 0.0807. The maximum atomic E-state index is 5.78. The molecule has 17 heavy (non-hydrogen) atoms. The summed E-state index contributed by atoms with van der Waals surface area (Å²) >= 11 is 0. The molecule has 1 aliphatic heterocycles. The molecule has 1 fully saturated rings. The van der Waals surface area contributed by atoms with Gasteiger partial charge in [-0.15, -0.1) is 0 Å². The molecule has 1 saturated heterocycles. The van der Waals surface area contributed by atoms with Crippen LogP contribution in [0.3, 0.4) is 0 Å². The Labute approximate surface area is 104 Å². The molecule has 0 spiro atoms. The number of hydrogen-bond acceptors (Lipinski definition) is 2. The van der Waals surface area contributed by atoms with Crippen molar-refractivity contribution < 1.29 is 4.74 Å². The molecule has 1 aliphatic rings. The third-order valence-electron chi connectivity index (χ3n) is 3.61. The van der Waals surface area contributed by atoms with E-state index in [-0.39, 0.29) is 0 Å². The van der Waals surface area contributed by atoms with Gasteiger partial charge in [0.15, 0.2) is 0 Å². The van der Waals surface area contributed by atoms with E-state index in [9.17, 15) is 0 Å². The second-order valence-electron chi connectivity index (χ2n) is 5.14. The number of benzene rings is 1. The van der Waals surface area contributed by atoms with Crippen LogP contribution >= 0.6 is 0 Å². The first-order valence-corrected chi connectivity index (χ1v) is 6.61. The Morgan fingerprint density at radius 2 is 1.82 bits per heavy atom. The van der Waals surface area contributed by atoms with E-state index in [4.69, 9.17) is 4.74 Å². The normalized spacial score (nSPS) is 22.0. The second-order valence-corrected chi connectivity index (χ2v) is 5.14. The zero-order valence-corrected chi connectivity index (χ0v) is 11.1.